The second-order valence-electron chi connectivity index (χ2n) is 9.43. The highest BCUT2D eigenvalue weighted by Gasteiger charge is 2.43. The van der Waals surface area contributed by atoms with Crippen molar-refractivity contribution in [3.05, 3.63) is 70.9 Å². The third-order valence-electron chi connectivity index (χ3n) is 6.52. The van der Waals surface area contributed by atoms with Crippen molar-refractivity contribution in [2.75, 3.05) is 0 Å². The van der Waals surface area contributed by atoms with Gasteiger partial charge in [0.1, 0.15) is 12.1 Å². The molecule has 0 radical (unpaired) electrons. The highest BCUT2D eigenvalue weighted by molar-refractivity contribution is 5.98. The number of nitrogens with one attached hydrogen (secondary N) is 1. The molecule has 9 nitrogen and oxygen atoms in total. The molecule has 0 saturated heterocycles. The Kier molecular flexibility index (Phi) is 4.80. The Balaban J connectivity index is 1.52. The molecule has 4 heterocycles. The van der Waals surface area contributed by atoms with E-state index in [0.29, 0.717) is 23.2 Å². The molecule has 3 N–H and O–H groups in total. The number of halogens is 3. The molecular formula is C24H20F3N7O2. The first-order valence-corrected chi connectivity index (χ1v) is 11.2. The summed E-state index contributed by atoms with van der Waals surface area (Å²) in [6.07, 6.45) is 3.18. The predicted octanol–water partition coefficient (Wildman–Crippen LogP) is 3.44. The van der Waals surface area contributed by atoms with Crippen LogP contribution in [0.1, 0.15) is 65.2 Å². The van der Waals surface area contributed by atoms with Gasteiger partial charge >= 0.3 is 6.61 Å². The van der Waals surface area contributed by atoms with Crippen LogP contribution in [-0.4, -0.2) is 37.1 Å². The summed E-state index contributed by atoms with van der Waals surface area (Å²) in [7, 11) is 0. The van der Waals surface area contributed by atoms with Gasteiger partial charge in [-0.1, -0.05) is 6.07 Å². The fourth-order valence-corrected chi connectivity index (χ4v) is 4.99. The summed E-state index contributed by atoms with van der Waals surface area (Å²) in [6.45, 7) is 0.290. The Bertz CT molecular complexity index is 1550. The summed E-state index contributed by atoms with van der Waals surface area (Å²) in [4.78, 5) is 25.3. The van der Waals surface area contributed by atoms with Crippen molar-refractivity contribution in [3.8, 4) is 17.0 Å². The Morgan fingerprint density at radius 2 is 2.03 bits per heavy atom. The van der Waals surface area contributed by atoms with Gasteiger partial charge in [0, 0.05) is 28.8 Å². The topological polar surface area (TPSA) is 120 Å². The lowest BCUT2D eigenvalue weighted by molar-refractivity contribution is -0.0505. The number of alkyl halides is 2. The molecule has 1 aliphatic carbocycles. The fourth-order valence-electron chi connectivity index (χ4n) is 4.99. The maximum atomic E-state index is 14.9. The maximum Gasteiger partial charge on any atom is 0.387 e. The monoisotopic (exact) mass is 495 g/mol. The molecule has 12 heteroatoms. The first-order valence-electron chi connectivity index (χ1n) is 11.2. The SMILES string of the molecule is CC(C)(N)c1ncc(-c2cc3c4c(nn3cn2)[C@H]2C[C@@H]4c3c(OC(F)F)cccc3C(=O)N2)c(F)n1. The van der Waals surface area contributed by atoms with Crippen LogP contribution in [0, 0.1) is 5.95 Å². The lowest BCUT2D eigenvalue weighted by Gasteiger charge is -2.19. The number of aromatic nitrogens is 5. The third-order valence-corrected chi connectivity index (χ3v) is 6.52. The Labute approximate surface area is 202 Å². The van der Waals surface area contributed by atoms with Crippen LogP contribution in [0.5, 0.6) is 5.75 Å². The molecule has 0 fully saturated rings. The number of ether oxygens (including phenoxy) is 1. The second kappa shape index (κ2) is 7.72. The molecule has 2 atom stereocenters. The summed E-state index contributed by atoms with van der Waals surface area (Å²) in [5, 5.41) is 7.52. The average Bonchev–Trinajstić information content (AvgIpc) is 3.30. The molecule has 184 valence electrons. The van der Waals surface area contributed by atoms with E-state index in [0.717, 1.165) is 5.56 Å². The summed E-state index contributed by atoms with van der Waals surface area (Å²) < 4.78 is 47.7. The zero-order chi connectivity index (χ0) is 25.4. The zero-order valence-corrected chi connectivity index (χ0v) is 19.2. The van der Waals surface area contributed by atoms with Gasteiger partial charge in [0.15, 0.2) is 5.82 Å². The fraction of sp³-hybridized carbons (Fsp3) is 0.292. The molecule has 3 aromatic heterocycles. The van der Waals surface area contributed by atoms with Crippen LogP contribution in [-0.2, 0) is 5.54 Å². The van der Waals surface area contributed by atoms with Crippen molar-refractivity contribution in [2.45, 2.75) is 44.4 Å². The minimum atomic E-state index is -3.05. The number of amides is 1. The van der Waals surface area contributed by atoms with Crippen molar-refractivity contribution < 1.29 is 22.7 Å². The number of hydrogen-bond acceptors (Lipinski definition) is 7. The predicted molar refractivity (Wildman–Crippen MR) is 121 cm³/mol. The van der Waals surface area contributed by atoms with Crippen LogP contribution in [0.4, 0.5) is 13.2 Å². The standard InChI is InChI=1S/C24H20F3N7O2/c1-24(2,28)22-29-8-12(20(25)32-22)13-7-15-18-11-6-14(19(18)33-34(15)9-30-13)31-21(35)10-4-3-5-16(17(10)11)36-23(26)27/h3-5,7-9,11,14,23H,6,28H2,1-2H3,(H,31,35)/t11-,14-/m1/s1. The Hall–Kier alpha value is -4.06. The molecule has 2 aliphatic rings. The van der Waals surface area contributed by atoms with Crippen molar-refractivity contribution >= 4 is 11.4 Å². The van der Waals surface area contributed by atoms with Crippen LogP contribution < -0.4 is 15.8 Å². The first kappa shape index (κ1) is 22.4. The number of nitrogens with zero attached hydrogens (tertiary/aromatic N) is 5. The molecule has 1 aliphatic heterocycles. The highest BCUT2D eigenvalue weighted by atomic mass is 19.3. The van der Waals surface area contributed by atoms with Crippen LogP contribution in [0.2, 0.25) is 0 Å². The molecule has 36 heavy (non-hydrogen) atoms. The summed E-state index contributed by atoms with van der Waals surface area (Å²) >= 11 is 0. The van der Waals surface area contributed by atoms with E-state index in [1.165, 1.54) is 29.2 Å². The molecule has 1 amide bonds. The lowest BCUT2D eigenvalue weighted by Crippen LogP contribution is -2.31. The smallest absolute Gasteiger partial charge is 0.387 e. The van der Waals surface area contributed by atoms with Crippen molar-refractivity contribution in [1.29, 1.82) is 0 Å². The van der Waals surface area contributed by atoms with E-state index >= 15 is 0 Å². The van der Waals surface area contributed by atoms with E-state index in [2.05, 4.69) is 25.4 Å². The lowest BCUT2D eigenvalue weighted by atomic mass is 9.89. The zero-order valence-electron chi connectivity index (χ0n) is 19.2. The Morgan fingerprint density at radius 1 is 1.22 bits per heavy atom. The normalized spacial score (nSPS) is 18.7. The molecule has 1 aromatic carbocycles. The second-order valence-corrected chi connectivity index (χ2v) is 9.43. The summed E-state index contributed by atoms with van der Waals surface area (Å²) in [5.74, 6) is -1.53. The van der Waals surface area contributed by atoms with E-state index in [4.69, 9.17) is 10.5 Å². The van der Waals surface area contributed by atoms with Gasteiger partial charge in [-0.15, -0.1) is 0 Å². The number of nitrogens with two attached hydrogens (primary N) is 1. The average molecular weight is 495 g/mol. The van der Waals surface area contributed by atoms with Gasteiger partial charge in [0.2, 0.25) is 5.95 Å². The Morgan fingerprint density at radius 3 is 2.75 bits per heavy atom. The van der Waals surface area contributed by atoms with E-state index in [9.17, 15) is 18.0 Å². The first-order chi connectivity index (χ1) is 17.1. The largest absolute Gasteiger partial charge is 0.434 e. The van der Waals surface area contributed by atoms with Crippen molar-refractivity contribution in [2.24, 2.45) is 5.73 Å². The maximum absolute atomic E-state index is 14.9. The summed E-state index contributed by atoms with van der Waals surface area (Å²) in [6, 6.07) is 5.72. The van der Waals surface area contributed by atoms with Crippen LogP contribution in [0.25, 0.3) is 16.8 Å². The van der Waals surface area contributed by atoms with Crippen LogP contribution in [0.3, 0.4) is 0 Å². The molecule has 2 bridgehead atoms. The van der Waals surface area contributed by atoms with Gasteiger partial charge in [-0.05, 0) is 38.5 Å². The molecule has 0 saturated carbocycles. The minimum Gasteiger partial charge on any atom is -0.434 e. The number of benzene rings is 1. The van der Waals surface area contributed by atoms with E-state index < -0.39 is 30.1 Å². The highest BCUT2D eigenvalue weighted by Crippen LogP contribution is 2.51. The van der Waals surface area contributed by atoms with E-state index in [1.54, 1.807) is 26.0 Å². The number of carbonyl (C=O) groups is 1. The van der Waals surface area contributed by atoms with Gasteiger partial charge in [0.25, 0.3) is 5.91 Å². The van der Waals surface area contributed by atoms with Crippen molar-refractivity contribution in [3.63, 3.8) is 0 Å². The minimum absolute atomic E-state index is 0.0655. The van der Waals surface area contributed by atoms with E-state index in [1.807, 2.05) is 0 Å². The number of carbonyl (C=O) groups excluding carboxylic acids is 1. The van der Waals surface area contributed by atoms with Gasteiger partial charge in [0.05, 0.1) is 34.0 Å². The van der Waals surface area contributed by atoms with Gasteiger partial charge in [-0.3, -0.25) is 4.79 Å². The number of hydrogen-bond donors (Lipinski definition) is 2. The van der Waals surface area contributed by atoms with Gasteiger partial charge in [-0.25, -0.2) is 19.5 Å². The van der Waals surface area contributed by atoms with Crippen LogP contribution in [0.15, 0.2) is 36.8 Å². The summed E-state index contributed by atoms with van der Waals surface area (Å²) in [5.41, 5.74) is 7.97. The molecule has 6 rings (SSSR count). The van der Waals surface area contributed by atoms with Gasteiger partial charge < -0.3 is 15.8 Å². The molecule has 0 unspecified atom stereocenters. The number of fused-ring (bicyclic) bond motifs is 9. The third kappa shape index (κ3) is 3.40. The van der Waals surface area contributed by atoms with Crippen molar-refractivity contribution in [1.82, 2.24) is 29.9 Å². The molecular weight excluding hydrogens is 475 g/mol. The quantitative estimate of drug-likeness (QED) is 0.416. The molecule has 4 aromatic rings. The molecule has 0 spiro atoms. The number of rotatable bonds is 4. The van der Waals surface area contributed by atoms with Gasteiger partial charge in [-0.2, -0.15) is 18.3 Å². The van der Waals surface area contributed by atoms with Crippen LogP contribution >= 0.6 is 0 Å². The van der Waals surface area contributed by atoms with E-state index in [-0.39, 0.29) is 34.3 Å².